The number of nitrogens with one attached hydrogen (secondary N) is 3. The summed E-state index contributed by atoms with van der Waals surface area (Å²) in [5, 5.41) is 7.07. The number of fused-ring (bicyclic) bond motifs is 7. The third-order valence-corrected chi connectivity index (χ3v) is 7.90. The molecule has 0 spiro atoms. The van der Waals surface area contributed by atoms with Crippen LogP contribution in [0.3, 0.4) is 0 Å². The number of para-hydroxylation sites is 1. The van der Waals surface area contributed by atoms with Crippen LogP contribution in [-0.4, -0.2) is 46.2 Å². The van der Waals surface area contributed by atoms with Crippen molar-refractivity contribution in [1.29, 1.82) is 0 Å². The van der Waals surface area contributed by atoms with E-state index in [1.165, 1.54) is 0 Å². The second-order valence-corrected chi connectivity index (χ2v) is 10.4. The molecule has 4 aromatic rings. The summed E-state index contributed by atoms with van der Waals surface area (Å²) < 4.78 is 0. The zero-order valence-corrected chi connectivity index (χ0v) is 21.9. The minimum atomic E-state index is -0.750. The van der Waals surface area contributed by atoms with Gasteiger partial charge in [0.2, 0.25) is 11.8 Å². The fourth-order valence-electron chi connectivity index (χ4n) is 5.98. The van der Waals surface area contributed by atoms with Gasteiger partial charge in [-0.25, -0.2) is 0 Å². The molecular weight excluding hydrogens is 488 g/mol. The normalized spacial score (nSPS) is 18.3. The van der Waals surface area contributed by atoms with E-state index in [1.807, 2.05) is 72.8 Å². The molecule has 3 atom stereocenters. The van der Waals surface area contributed by atoms with E-state index in [0.717, 1.165) is 46.1 Å². The first kappa shape index (κ1) is 24.9. The van der Waals surface area contributed by atoms with Crippen LogP contribution in [0.1, 0.15) is 58.5 Å². The Bertz CT molecular complexity index is 1540. The molecule has 0 aliphatic carbocycles. The summed E-state index contributed by atoms with van der Waals surface area (Å²) in [5.74, 6) is -0.687. The first-order valence-corrected chi connectivity index (χ1v) is 13.7. The van der Waals surface area contributed by atoms with E-state index in [9.17, 15) is 14.4 Å². The van der Waals surface area contributed by atoms with E-state index in [2.05, 4.69) is 28.6 Å². The van der Waals surface area contributed by atoms with Gasteiger partial charge in [0, 0.05) is 41.5 Å². The van der Waals surface area contributed by atoms with Gasteiger partial charge in [-0.05, 0) is 35.2 Å². The smallest absolute Gasteiger partial charge is 0.255 e. The molecule has 0 bridgehead atoms. The lowest BCUT2D eigenvalue weighted by Crippen LogP contribution is -2.57. The number of hydrogen-bond donors (Lipinski definition) is 3. The van der Waals surface area contributed by atoms with Gasteiger partial charge in [-0.15, -0.1) is 0 Å². The monoisotopic (exact) mass is 520 g/mol. The Kier molecular flexibility index (Phi) is 6.65. The van der Waals surface area contributed by atoms with Crippen molar-refractivity contribution in [2.45, 2.75) is 50.7 Å². The number of amides is 3. The largest absolute Gasteiger partial charge is 0.356 e. The summed E-state index contributed by atoms with van der Waals surface area (Å²) in [5.41, 5.74) is 5.45. The first-order chi connectivity index (χ1) is 19.1. The topological polar surface area (TPSA) is 94.3 Å². The van der Waals surface area contributed by atoms with Crippen molar-refractivity contribution in [1.82, 2.24) is 20.5 Å². The number of rotatable bonds is 8. The van der Waals surface area contributed by atoms with Crippen LogP contribution < -0.4 is 10.6 Å². The Hall–Kier alpha value is -4.39. The van der Waals surface area contributed by atoms with Gasteiger partial charge in [0.25, 0.3) is 5.91 Å². The second kappa shape index (κ2) is 10.4. The molecule has 0 radical (unpaired) electrons. The van der Waals surface area contributed by atoms with Crippen molar-refractivity contribution in [3.8, 4) is 0 Å². The summed E-state index contributed by atoms with van der Waals surface area (Å²) in [6.45, 7) is 2.62. The Morgan fingerprint density at radius 2 is 1.74 bits per heavy atom. The second-order valence-electron chi connectivity index (χ2n) is 10.4. The summed E-state index contributed by atoms with van der Waals surface area (Å²) in [7, 11) is 0. The molecule has 0 fully saturated rings. The molecule has 2 aliphatic rings. The standard InChI is InChI=1S/C32H32N4O3/c1-2-3-17-33-30(37)26(18-20-11-5-4-6-12-20)35-31(38)27-19-24-21-13-9-10-16-25(21)34-28(24)29-22-14-7-8-15-23(22)32(39)36(27)29/h4-16,26-27,29,34H,2-3,17-19H2,1H3,(H,33,37)(H,35,38)/t26-,27-,29+/m0/s1. The van der Waals surface area contributed by atoms with Crippen molar-refractivity contribution in [3.63, 3.8) is 0 Å². The highest BCUT2D eigenvalue weighted by Crippen LogP contribution is 2.46. The molecule has 7 nitrogen and oxygen atoms in total. The lowest BCUT2D eigenvalue weighted by molar-refractivity contribution is -0.132. The lowest BCUT2D eigenvalue weighted by atomic mass is 9.89. The first-order valence-electron chi connectivity index (χ1n) is 13.7. The van der Waals surface area contributed by atoms with E-state index in [1.54, 1.807) is 4.90 Å². The van der Waals surface area contributed by atoms with Crippen LogP contribution >= 0.6 is 0 Å². The molecule has 3 N–H and O–H groups in total. The summed E-state index contributed by atoms with van der Waals surface area (Å²) in [4.78, 5) is 46.2. The highest BCUT2D eigenvalue weighted by atomic mass is 16.2. The highest BCUT2D eigenvalue weighted by Gasteiger charge is 2.49. The summed E-state index contributed by atoms with van der Waals surface area (Å²) in [6, 6.07) is 23.4. The van der Waals surface area contributed by atoms with E-state index in [-0.39, 0.29) is 23.8 Å². The van der Waals surface area contributed by atoms with Crippen LogP contribution in [0.4, 0.5) is 0 Å². The summed E-state index contributed by atoms with van der Waals surface area (Å²) in [6.07, 6.45) is 2.57. The average Bonchev–Trinajstić information content (AvgIpc) is 3.48. The van der Waals surface area contributed by atoms with Crippen LogP contribution in [0.15, 0.2) is 78.9 Å². The maximum atomic E-state index is 14.0. The van der Waals surface area contributed by atoms with E-state index < -0.39 is 12.1 Å². The van der Waals surface area contributed by atoms with Crippen molar-refractivity contribution in [3.05, 3.63) is 107 Å². The predicted molar refractivity (Wildman–Crippen MR) is 150 cm³/mol. The van der Waals surface area contributed by atoms with Gasteiger partial charge in [-0.2, -0.15) is 0 Å². The quantitative estimate of drug-likeness (QED) is 0.303. The molecular formula is C32H32N4O3. The average molecular weight is 521 g/mol. The minimum absolute atomic E-state index is 0.160. The molecule has 3 heterocycles. The van der Waals surface area contributed by atoms with E-state index >= 15 is 0 Å². The molecule has 39 heavy (non-hydrogen) atoms. The van der Waals surface area contributed by atoms with Crippen LogP contribution in [0.25, 0.3) is 10.9 Å². The number of carbonyl (C=O) groups is 3. The number of unbranched alkanes of at least 4 members (excludes halogenated alkanes) is 1. The molecule has 6 rings (SSSR count). The molecule has 0 saturated heterocycles. The zero-order valence-electron chi connectivity index (χ0n) is 21.9. The number of hydrogen-bond acceptors (Lipinski definition) is 3. The maximum absolute atomic E-state index is 14.0. The third kappa shape index (κ3) is 4.48. The predicted octanol–water partition coefficient (Wildman–Crippen LogP) is 4.28. The number of aromatic nitrogens is 1. The third-order valence-electron chi connectivity index (χ3n) is 7.90. The molecule has 0 unspecified atom stereocenters. The maximum Gasteiger partial charge on any atom is 0.255 e. The van der Waals surface area contributed by atoms with Crippen LogP contribution in [-0.2, 0) is 22.4 Å². The molecule has 198 valence electrons. The number of nitrogens with zero attached hydrogens (tertiary/aromatic N) is 1. The van der Waals surface area contributed by atoms with Crippen molar-refractivity contribution in [2.24, 2.45) is 0 Å². The van der Waals surface area contributed by atoms with Crippen LogP contribution in [0.5, 0.6) is 0 Å². The Morgan fingerprint density at radius 3 is 2.56 bits per heavy atom. The van der Waals surface area contributed by atoms with Gasteiger partial charge >= 0.3 is 0 Å². The van der Waals surface area contributed by atoms with Gasteiger partial charge in [-0.3, -0.25) is 14.4 Å². The SMILES string of the molecule is CCCCNC(=O)[C@H](Cc1ccccc1)NC(=O)[C@@H]1Cc2c([nH]c3ccccc23)[C@H]2c3ccccc3C(=O)N21. The highest BCUT2D eigenvalue weighted by molar-refractivity contribution is 6.04. The Morgan fingerprint density at radius 1 is 1.00 bits per heavy atom. The molecule has 1 aromatic heterocycles. The van der Waals surface area contributed by atoms with Gasteiger partial charge in [-0.1, -0.05) is 80.1 Å². The molecule has 2 aliphatic heterocycles. The molecule has 0 saturated carbocycles. The number of benzene rings is 3. The molecule has 3 amide bonds. The van der Waals surface area contributed by atoms with Crippen molar-refractivity contribution < 1.29 is 14.4 Å². The summed E-state index contributed by atoms with van der Waals surface area (Å²) >= 11 is 0. The van der Waals surface area contributed by atoms with Crippen molar-refractivity contribution >= 4 is 28.6 Å². The zero-order chi connectivity index (χ0) is 26.9. The van der Waals surface area contributed by atoms with Gasteiger partial charge in [0.1, 0.15) is 12.1 Å². The van der Waals surface area contributed by atoms with Gasteiger partial charge < -0.3 is 20.5 Å². The van der Waals surface area contributed by atoms with E-state index in [0.29, 0.717) is 24.9 Å². The molecule has 7 heteroatoms. The van der Waals surface area contributed by atoms with Gasteiger partial charge in [0.05, 0.1) is 6.04 Å². The molecule has 3 aromatic carbocycles. The van der Waals surface area contributed by atoms with Crippen LogP contribution in [0.2, 0.25) is 0 Å². The number of aromatic amines is 1. The fraction of sp³-hybridized carbons (Fsp3) is 0.281. The van der Waals surface area contributed by atoms with E-state index in [4.69, 9.17) is 0 Å². The van der Waals surface area contributed by atoms with Gasteiger partial charge in [0.15, 0.2) is 0 Å². The minimum Gasteiger partial charge on any atom is -0.356 e. The fourth-order valence-corrected chi connectivity index (χ4v) is 5.98. The Balaban J connectivity index is 1.35. The number of carbonyl (C=O) groups excluding carboxylic acids is 3. The Labute approximate surface area is 227 Å². The van der Waals surface area contributed by atoms with Crippen LogP contribution in [0, 0.1) is 0 Å². The van der Waals surface area contributed by atoms with Crippen molar-refractivity contribution in [2.75, 3.05) is 6.54 Å². The number of H-pyrrole nitrogens is 1. The lowest BCUT2D eigenvalue weighted by Gasteiger charge is -2.37.